The molecule has 0 amide bonds. The van der Waals surface area contributed by atoms with E-state index in [0.29, 0.717) is 10.4 Å². The molecule has 1 aromatic carbocycles. The van der Waals surface area contributed by atoms with Gasteiger partial charge in [0, 0.05) is 4.47 Å². The summed E-state index contributed by atoms with van der Waals surface area (Å²) < 4.78 is 20.2. The van der Waals surface area contributed by atoms with Crippen LogP contribution in [-0.2, 0) is 0 Å². The molecule has 0 N–H and O–H groups in total. The third-order valence-electron chi connectivity index (χ3n) is 3.82. The molecule has 0 aliphatic heterocycles. The van der Waals surface area contributed by atoms with Crippen LogP contribution in [0.25, 0.3) is 0 Å². The Morgan fingerprint density at radius 3 is 2.89 bits per heavy atom. The predicted octanol–water partition coefficient (Wildman–Crippen LogP) is 4.69. The summed E-state index contributed by atoms with van der Waals surface area (Å²) in [5.41, 5.74) is 0. The average Bonchev–Trinajstić information content (AvgIpc) is 2.41. The molecule has 0 heterocycles. The van der Waals surface area contributed by atoms with Gasteiger partial charge in [-0.15, -0.1) is 0 Å². The van der Waals surface area contributed by atoms with Crippen LogP contribution in [0.4, 0.5) is 4.39 Å². The van der Waals surface area contributed by atoms with Crippen molar-refractivity contribution in [2.24, 2.45) is 11.8 Å². The lowest BCUT2D eigenvalue weighted by Gasteiger charge is -2.32. The van der Waals surface area contributed by atoms with E-state index in [-0.39, 0.29) is 23.6 Å². The lowest BCUT2D eigenvalue weighted by Crippen LogP contribution is -2.33. The Labute approximate surface area is 121 Å². The van der Waals surface area contributed by atoms with Crippen LogP contribution in [0.15, 0.2) is 22.7 Å². The van der Waals surface area contributed by atoms with Crippen LogP contribution < -0.4 is 4.74 Å². The van der Waals surface area contributed by atoms with E-state index in [4.69, 9.17) is 4.74 Å². The molecule has 0 aromatic heterocycles. The second-order valence-electron chi connectivity index (χ2n) is 5.05. The van der Waals surface area contributed by atoms with Gasteiger partial charge in [0.1, 0.15) is 6.10 Å². The van der Waals surface area contributed by atoms with Crippen LogP contribution in [0.1, 0.15) is 32.6 Å². The summed E-state index contributed by atoms with van der Waals surface area (Å²) in [4.78, 5) is 0. The molecule has 3 atom stereocenters. The van der Waals surface area contributed by atoms with Crippen molar-refractivity contribution in [3.05, 3.63) is 28.5 Å². The quantitative estimate of drug-likeness (QED) is 0.807. The van der Waals surface area contributed by atoms with Crippen molar-refractivity contribution in [1.82, 2.24) is 0 Å². The first-order valence-electron chi connectivity index (χ1n) is 6.65. The number of benzene rings is 1. The van der Waals surface area contributed by atoms with Gasteiger partial charge >= 0.3 is 0 Å². The summed E-state index contributed by atoms with van der Waals surface area (Å²) >= 11 is 3.22. The molecule has 0 saturated heterocycles. The first kappa shape index (κ1) is 14.3. The molecule has 2 rings (SSSR count). The number of rotatable bonds is 3. The van der Waals surface area contributed by atoms with Gasteiger partial charge in [0.05, 0.1) is 12.0 Å². The maximum Gasteiger partial charge on any atom is 0.166 e. The number of nitrogens with zero attached hydrogens (tertiary/aromatic N) is 1. The van der Waals surface area contributed by atoms with Crippen molar-refractivity contribution in [2.75, 3.05) is 0 Å². The highest BCUT2D eigenvalue weighted by Gasteiger charge is 2.31. The largest absolute Gasteiger partial charge is 0.486 e. The smallest absolute Gasteiger partial charge is 0.166 e. The van der Waals surface area contributed by atoms with Gasteiger partial charge in [-0.25, -0.2) is 4.39 Å². The molecule has 1 aliphatic carbocycles. The number of halogens is 2. The topological polar surface area (TPSA) is 33.0 Å². The maximum atomic E-state index is 13.8. The highest BCUT2D eigenvalue weighted by atomic mass is 79.9. The lowest BCUT2D eigenvalue weighted by molar-refractivity contribution is 0.0854. The fourth-order valence-electron chi connectivity index (χ4n) is 2.59. The van der Waals surface area contributed by atoms with E-state index in [9.17, 15) is 9.65 Å². The van der Waals surface area contributed by atoms with Crippen molar-refractivity contribution in [2.45, 2.75) is 38.7 Å². The highest BCUT2D eigenvalue weighted by Crippen LogP contribution is 2.34. The Balaban J connectivity index is 2.12. The van der Waals surface area contributed by atoms with Crippen molar-refractivity contribution in [3.8, 4) is 11.8 Å². The summed E-state index contributed by atoms with van der Waals surface area (Å²) in [6.45, 7) is 2.15. The number of nitriles is 1. The Bertz CT molecular complexity index is 486. The zero-order valence-electron chi connectivity index (χ0n) is 10.9. The zero-order chi connectivity index (χ0) is 13.8. The fourth-order valence-corrected chi connectivity index (χ4v) is 2.93. The molecule has 102 valence electrons. The molecule has 4 heteroatoms. The van der Waals surface area contributed by atoms with E-state index in [1.807, 2.05) is 0 Å². The van der Waals surface area contributed by atoms with Crippen LogP contribution in [-0.4, -0.2) is 6.10 Å². The van der Waals surface area contributed by atoms with E-state index in [0.717, 1.165) is 25.7 Å². The molecule has 0 radical (unpaired) electrons. The minimum Gasteiger partial charge on any atom is -0.486 e. The standard InChI is InChI=1S/C15H17BrFNO/c1-2-10-3-4-11(9-18)15(7-10)19-14-6-5-12(16)8-13(14)17/h5-6,8,10-11,15H,2-4,7H2,1H3. The molecular formula is C15H17BrFNO. The summed E-state index contributed by atoms with van der Waals surface area (Å²) in [6, 6.07) is 7.04. The first-order chi connectivity index (χ1) is 9.13. The second-order valence-corrected chi connectivity index (χ2v) is 5.97. The second kappa shape index (κ2) is 6.38. The van der Waals surface area contributed by atoms with E-state index >= 15 is 0 Å². The van der Waals surface area contributed by atoms with Crippen LogP contribution in [0.3, 0.4) is 0 Å². The molecular weight excluding hydrogens is 309 g/mol. The maximum absolute atomic E-state index is 13.8. The Morgan fingerprint density at radius 1 is 1.47 bits per heavy atom. The fraction of sp³-hybridized carbons (Fsp3) is 0.533. The molecule has 0 bridgehead atoms. The van der Waals surface area contributed by atoms with Crippen molar-refractivity contribution < 1.29 is 9.13 Å². The minimum absolute atomic E-state index is 0.133. The molecule has 1 saturated carbocycles. The average molecular weight is 326 g/mol. The summed E-state index contributed by atoms with van der Waals surface area (Å²) in [7, 11) is 0. The highest BCUT2D eigenvalue weighted by molar-refractivity contribution is 9.10. The summed E-state index contributed by atoms with van der Waals surface area (Å²) in [5, 5.41) is 9.18. The monoisotopic (exact) mass is 325 g/mol. The van der Waals surface area contributed by atoms with Crippen LogP contribution in [0.5, 0.6) is 5.75 Å². The van der Waals surface area contributed by atoms with Crippen molar-refractivity contribution >= 4 is 15.9 Å². The SMILES string of the molecule is CCC1CCC(C#N)C(Oc2ccc(Br)cc2F)C1. The minimum atomic E-state index is -0.385. The molecule has 2 nitrogen and oxygen atoms in total. The van der Waals surface area contributed by atoms with Crippen LogP contribution in [0, 0.1) is 29.0 Å². The van der Waals surface area contributed by atoms with Gasteiger partial charge in [0.25, 0.3) is 0 Å². The van der Waals surface area contributed by atoms with Crippen molar-refractivity contribution in [3.63, 3.8) is 0 Å². The van der Waals surface area contributed by atoms with Gasteiger partial charge < -0.3 is 4.74 Å². The van der Waals surface area contributed by atoms with Gasteiger partial charge in [0.2, 0.25) is 0 Å². The molecule has 0 spiro atoms. The molecule has 1 fully saturated rings. The third-order valence-corrected chi connectivity index (χ3v) is 4.31. The summed E-state index contributed by atoms with van der Waals surface area (Å²) in [5.74, 6) is 0.300. The van der Waals surface area contributed by atoms with Crippen LogP contribution >= 0.6 is 15.9 Å². The third kappa shape index (κ3) is 3.48. The van der Waals surface area contributed by atoms with E-state index < -0.39 is 0 Å². The number of hydrogen-bond acceptors (Lipinski definition) is 2. The van der Waals surface area contributed by atoms with E-state index in [1.54, 1.807) is 12.1 Å². The Kier molecular flexibility index (Phi) is 4.81. The number of ether oxygens (including phenoxy) is 1. The Hall–Kier alpha value is -1.08. The number of hydrogen-bond donors (Lipinski definition) is 0. The van der Waals surface area contributed by atoms with Gasteiger partial charge in [-0.2, -0.15) is 5.26 Å². The normalized spacial score (nSPS) is 26.7. The predicted molar refractivity (Wildman–Crippen MR) is 75.3 cm³/mol. The van der Waals surface area contributed by atoms with Gasteiger partial charge in [-0.1, -0.05) is 29.3 Å². The molecule has 1 aromatic rings. The van der Waals surface area contributed by atoms with Crippen LogP contribution in [0.2, 0.25) is 0 Å². The zero-order valence-corrected chi connectivity index (χ0v) is 12.5. The molecule has 19 heavy (non-hydrogen) atoms. The first-order valence-corrected chi connectivity index (χ1v) is 7.44. The van der Waals surface area contributed by atoms with E-state index in [2.05, 4.69) is 28.9 Å². The Morgan fingerprint density at radius 2 is 2.26 bits per heavy atom. The molecule has 1 aliphatic rings. The van der Waals surface area contributed by atoms with Gasteiger partial charge in [-0.3, -0.25) is 0 Å². The van der Waals surface area contributed by atoms with Gasteiger partial charge in [-0.05, 0) is 43.4 Å². The summed E-state index contributed by atoms with van der Waals surface area (Å²) in [6.07, 6.45) is 3.64. The van der Waals surface area contributed by atoms with E-state index in [1.165, 1.54) is 6.07 Å². The van der Waals surface area contributed by atoms with Gasteiger partial charge in [0.15, 0.2) is 11.6 Å². The molecule has 3 unspecified atom stereocenters. The lowest BCUT2D eigenvalue weighted by atomic mass is 9.79. The van der Waals surface area contributed by atoms with Crippen molar-refractivity contribution in [1.29, 1.82) is 5.26 Å².